The zero-order valence-corrected chi connectivity index (χ0v) is 18.6. The maximum Gasteiger partial charge on any atom is 0.272 e. The molecule has 1 amide bonds. The van der Waals surface area contributed by atoms with Crippen LogP contribution in [-0.4, -0.2) is 27.9 Å². The van der Waals surface area contributed by atoms with Gasteiger partial charge in [0.2, 0.25) is 0 Å². The molecule has 4 aliphatic carbocycles. The molecule has 0 atom stereocenters. The molecule has 0 aliphatic heterocycles. The van der Waals surface area contributed by atoms with E-state index in [1.807, 2.05) is 29.8 Å². The van der Waals surface area contributed by atoms with E-state index in [9.17, 15) is 9.18 Å². The standard InChI is InChI=1S/C26H34FN3O/c1-18-23(25(31)28-26-15-19-12-20(16-26)14-21(13-19)17-26)29-30(11-7-3-6-10-27)24(18)22-8-4-2-5-9-22/h2,4-5,8-9,19-21H,3,6-7,10-17H2,1H3,(H,28,31). The summed E-state index contributed by atoms with van der Waals surface area (Å²) in [6.45, 7) is 2.44. The highest BCUT2D eigenvalue weighted by molar-refractivity contribution is 5.96. The smallest absolute Gasteiger partial charge is 0.272 e. The van der Waals surface area contributed by atoms with Crippen LogP contribution in [0.25, 0.3) is 11.3 Å². The number of unbranched alkanes of at least 4 members (excludes halogenated alkanes) is 2. The van der Waals surface area contributed by atoms with E-state index in [4.69, 9.17) is 5.10 Å². The van der Waals surface area contributed by atoms with Gasteiger partial charge < -0.3 is 5.32 Å². The molecule has 4 fully saturated rings. The largest absolute Gasteiger partial charge is 0.345 e. The number of hydrogen-bond acceptors (Lipinski definition) is 2. The molecule has 1 N–H and O–H groups in total. The number of halogens is 1. The van der Waals surface area contributed by atoms with Gasteiger partial charge in [0, 0.05) is 23.2 Å². The number of benzene rings is 1. The van der Waals surface area contributed by atoms with Crippen LogP contribution in [0.4, 0.5) is 4.39 Å². The fourth-order valence-electron chi connectivity index (χ4n) is 6.99. The molecule has 1 aromatic heterocycles. The number of carbonyl (C=O) groups is 1. The number of alkyl halides is 1. The Morgan fingerprint density at radius 2 is 1.71 bits per heavy atom. The summed E-state index contributed by atoms with van der Waals surface area (Å²) in [4.78, 5) is 13.5. The van der Waals surface area contributed by atoms with Crippen molar-refractivity contribution >= 4 is 5.91 Å². The first-order valence-corrected chi connectivity index (χ1v) is 12.1. The van der Waals surface area contributed by atoms with Crippen LogP contribution in [0.1, 0.15) is 73.8 Å². The van der Waals surface area contributed by atoms with E-state index in [0.717, 1.165) is 66.7 Å². The summed E-state index contributed by atoms with van der Waals surface area (Å²) in [5.74, 6) is 2.36. The molecule has 0 saturated heterocycles. The van der Waals surface area contributed by atoms with Gasteiger partial charge in [-0.2, -0.15) is 5.10 Å². The molecule has 166 valence electrons. The third kappa shape index (κ3) is 4.04. The van der Waals surface area contributed by atoms with Crippen molar-refractivity contribution in [2.45, 2.75) is 76.8 Å². The Hall–Kier alpha value is -2.17. The van der Waals surface area contributed by atoms with Gasteiger partial charge in [0.1, 0.15) is 0 Å². The normalized spacial score (nSPS) is 28.8. The van der Waals surface area contributed by atoms with Gasteiger partial charge in [-0.15, -0.1) is 0 Å². The van der Waals surface area contributed by atoms with Crippen LogP contribution in [0.15, 0.2) is 30.3 Å². The molecular weight excluding hydrogens is 389 g/mol. The SMILES string of the molecule is Cc1c(C(=O)NC23CC4CC(CC(C4)C2)C3)nn(CCCCCF)c1-c1ccccc1. The van der Waals surface area contributed by atoms with Crippen molar-refractivity contribution < 1.29 is 9.18 Å². The zero-order valence-electron chi connectivity index (χ0n) is 18.6. The highest BCUT2D eigenvalue weighted by Gasteiger charge is 2.51. The Morgan fingerprint density at radius 3 is 2.32 bits per heavy atom. The summed E-state index contributed by atoms with van der Waals surface area (Å²) in [6.07, 6.45) is 9.77. The summed E-state index contributed by atoms with van der Waals surface area (Å²) in [7, 11) is 0. The van der Waals surface area contributed by atoms with Gasteiger partial charge >= 0.3 is 0 Å². The molecule has 4 saturated carbocycles. The fraction of sp³-hybridized carbons (Fsp3) is 0.615. The number of aromatic nitrogens is 2. The topological polar surface area (TPSA) is 46.9 Å². The molecule has 1 heterocycles. The van der Waals surface area contributed by atoms with Gasteiger partial charge in [0.25, 0.3) is 5.91 Å². The molecule has 31 heavy (non-hydrogen) atoms. The van der Waals surface area contributed by atoms with Gasteiger partial charge in [-0.1, -0.05) is 30.3 Å². The second-order valence-electron chi connectivity index (χ2n) is 10.3. The molecular formula is C26H34FN3O. The number of hydrogen-bond donors (Lipinski definition) is 1. The number of aryl methyl sites for hydroxylation is 1. The lowest BCUT2D eigenvalue weighted by Gasteiger charge is -2.56. The summed E-state index contributed by atoms with van der Waals surface area (Å²) >= 11 is 0. The monoisotopic (exact) mass is 423 g/mol. The summed E-state index contributed by atoms with van der Waals surface area (Å²) < 4.78 is 14.5. The Labute approximate surface area is 184 Å². The van der Waals surface area contributed by atoms with Crippen molar-refractivity contribution in [2.24, 2.45) is 17.8 Å². The van der Waals surface area contributed by atoms with Gasteiger partial charge in [0.05, 0.1) is 12.4 Å². The molecule has 4 bridgehead atoms. The van der Waals surface area contributed by atoms with Crippen LogP contribution in [0.3, 0.4) is 0 Å². The predicted molar refractivity (Wildman–Crippen MR) is 121 cm³/mol. The molecule has 2 aromatic rings. The summed E-state index contributed by atoms with van der Waals surface area (Å²) in [6, 6.07) is 10.2. The third-order valence-corrected chi connectivity index (χ3v) is 7.87. The molecule has 0 unspecified atom stereocenters. The maximum atomic E-state index is 13.5. The van der Waals surface area contributed by atoms with Crippen LogP contribution in [-0.2, 0) is 6.54 Å². The lowest BCUT2D eigenvalue weighted by molar-refractivity contribution is -0.0168. The average molecular weight is 424 g/mol. The summed E-state index contributed by atoms with van der Waals surface area (Å²) in [5.41, 5.74) is 3.57. The van der Waals surface area contributed by atoms with E-state index in [1.54, 1.807) is 0 Å². The van der Waals surface area contributed by atoms with E-state index in [0.29, 0.717) is 18.7 Å². The lowest BCUT2D eigenvalue weighted by Crippen LogP contribution is -2.59. The minimum Gasteiger partial charge on any atom is -0.345 e. The maximum absolute atomic E-state index is 13.5. The number of rotatable bonds is 8. The van der Waals surface area contributed by atoms with Crippen LogP contribution in [0.5, 0.6) is 0 Å². The molecule has 4 aliphatic rings. The van der Waals surface area contributed by atoms with E-state index < -0.39 is 0 Å². The molecule has 5 heteroatoms. The zero-order chi connectivity index (χ0) is 21.4. The van der Waals surface area contributed by atoms with E-state index >= 15 is 0 Å². The van der Waals surface area contributed by atoms with Crippen LogP contribution in [0, 0.1) is 24.7 Å². The lowest BCUT2D eigenvalue weighted by atomic mass is 9.53. The summed E-state index contributed by atoms with van der Waals surface area (Å²) in [5, 5.41) is 8.28. The molecule has 0 radical (unpaired) electrons. The number of nitrogens with one attached hydrogen (secondary N) is 1. The Balaban J connectivity index is 1.40. The first kappa shape index (κ1) is 20.7. The van der Waals surface area contributed by atoms with E-state index in [1.165, 1.54) is 19.3 Å². The quantitative estimate of drug-likeness (QED) is 0.554. The van der Waals surface area contributed by atoms with Crippen LogP contribution >= 0.6 is 0 Å². The van der Waals surface area contributed by atoms with Gasteiger partial charge in [-0.25, -0.2) is 0 Å². The van der Waals surface area contributed by atoms with Gasteiger partial charge in [-0.05, 0) is 82.5 Å². The molecule has 0 spiro atoms. The van der Waals surface area contributed by atoms with Gasteiger partial charge in [-0.3, -0.25) is 13.9 Å². The van der Waals surface area contributed by atoms with Crippen molar-refractivity contribution in [3.8, 4) is 11.3 Å². The minimum atomic E-state index is -0.275. The molecule has 1 aromatic carbocycles. The Bertz CT molecular complexity index is 900. The fourth-order valence-corrected chi connectivity index (χ4v) is 6.99. The van der Waals surface area contributed by atoms with Crippen LogP contribution in [0.2, 0.25) is 0 Å². The van der Waals surface area contributed by atoms with Crippen molar-refractivity contribution in [3.05, 3.63) is 41.6 Å². The molecule has 6 rings (SSSR count). The van der Waals surface area contributed by atoms with Crippen molar-refractivity contribution in [1.82, 2.24) is 15.1 Å². The predicted octanol–water partition coefficient (Wildman–Crippen LogP) is 5.70. The van der Waals surface area contributed by atoms with Gasteiger partial charge in [0.15, 0.2) is 5.69 Å². The van der Waals surface area contributed by atoms with Crippen molar-refractivity contribution in [1.29, 1.82) is 0 Å². The Kier molecular flexibility index (Phi) is 5.61. The number of amides is 1. The first-order valence-electron chi connectivity index (χ1n) is 12.1. The van der Waals surface area contributed by atoms with Crippen molar-refractivity contribution in [2.75, 3.05) is 6.67 Å². The minimum absolute atomic E-state index is 0.0147. The van der Waals surface area contributed by atoms with Crippen LogP contribution < -0.4 is 5.32 Å². The van der Waals surface area contributed by atoms with Crippen molar-refractivity contribution in [3.63, 3.8) is 0 Å². The molecule has 4 nitrogen and oxygen atoms in total. The van der Waals surface area contributed by atoms with E-state index in [2.05, 4.69) is 17.4 Å². The first-order chi connectivity index (χ1) is 15.1. The Morgan fingerprint density at radius 1 is 1.06 bits per heavy atom. The second-order valence-corrected chi connectivity index (χ2v) is 10.3. The van der Waals surface area contributed by atoms with E-state index in [-0.39, 0.29) is 18.1 Å². The highest BCUT2D eigenvalue weighted by atomic mass is 19.1. The number of carbonyl (C=O) groups excluding carboxylic acids is 1. The average Bonchev–Trinajstić information content (AvgIpc) is 3.07. The highest BCUT2D eigenvalue weighted by Crippen LogP contribution is 2.55. The number of nitrogens with zero attached hydrogens (tertiary/aromatic N) is 2. The third-order valence-electron chi connectivity index (χ3n) is 7.87. The second kappa shape index (κ2) is 8.40.